The van der Waals surface area contributed by atoms with Gasteiger partial charge in [-0.1, -0.05) is 0 Å². The van der Waals surface area contributed by atoms with Crippen molar-refractivity contribution in [3.8, 4) is 11.8 Å². The largest absolute Gasteiger partial charge is 0.481 e. The van der Waals surface area contributed by atoms with Gasteiger partial charge in [-0.3, -0.25) is 0 Å². The van der Waals surface area contributed by atoms with Crippen molar-refractivity contribution in [2.75, 3.05) is 25.5 Å². The van der Waals surface area contributed by atoms with E-state index in [-0.39, 0.29) is 6.10 Å². The maximum Gasteiger partial charge on any atom is 0.407 e. The number of methoxy groups -OCH3 is 1. The van der Waals surface area contributed by atoms with E-state index in [1.807, 2.05) is 13.0 Å². The van der Waals surface area contributed by atoms with Crippen LogP contribution < -0.4 is 14.8 Å². The van der Waals surface area contributed by atoms with Crippen molar-refractivity contribution in [1.82, 2.24) is 19.9 Å². The highest BCUT2D eigenvalue weighted by Crippen LogP contribution is 2.23. The Morgan fingerprint density at radius 2 is 2.04 bits per heavy atom. The summed E-state index contributed by atoms with van der Waals surface area (Å²) >= 11 is 0. The van der Waals surface area contributed by atoms with Crippen molar-refractivity contribution >= 4 is 17.6 Å². The van der Waals surface area contributed by atoms with E-state index in [0.717, 1.165) is 11.4 Å². The number of likely N-dealkylation sites (tertiary alicyclic amines) is 1. The van der Waals surface area contributed by atoms with Gasteiger partial charge in [-0.2, -0.15) is 0 Å². The maximum absolute atomic E-state index is 10.9. The van der Waals surface area contributed by atoms with Gasteiger partial charge in [0.1, 0.15) is 18.2 Å². The number of amides is 1. The van der Waals surface area contributed by atoms with Crippen LogP contribution in [0.15, 0.2) is 24.5 Å². The second kappa shape index (κ2) is 7.85. The normalized spacial score (nSPS) is 14.8. The molecular formula is C17H21N5O4. The molecule has 3 rings (SSSR count). The van der Waals surface area contributed by atoms with E-state index >= 15 is 0 Å². The van der Waals surface area contributed by atoms with E-state index < -0.39 is 6.09 Å². The van der Waals surface area contributed by atoms with Crippen LogP contribution in [-0.2, 0) is 0 Å². The Morgan fingerprint density at radius 1 is 1.27 bits per heavy atom. The second-order valence-corrected chi connectivity index (χ2v) is 5.94. The zero-order chi connectivity index (χ0) is 18.5. The fourth-order valence-electron chi connectivity index (χ4n) is 2.73. The fourth-order valence-corrected chi connectivity index (χ4v) is 2.73. The lowest BCUT2D eigenvalue weighted by Crippen LogP contribution is -2.41. The molecule has 138 valence electrons. The Hall–Kier alpha value is -3.10. The molecule has 1 aliphatic rings. The number of rotatable bonds is 5. The molecule has 0 aliphatic carbocycles. The van der Waals surface area contributed by atoms with Crippen molar-refractivity contribution in [3.05, 3.63) is 30.2 Å². The lowest BCUT2D eigenvalue weighted by atomic mass is 10.1. The minimum absolute atomic E-state index is 0.0576. The van der Waals surface area contributed by atoms with Crippen LogP contribution >= 0.6 is 0 Å². The minimum atomic E-state index is -0.888. The van der Waals surface area contributed by atoms with Gasteiger partial charge in [0, 0.05) is 38.1 Å². The van der Waals surface area contributed by atoms with Crippen LogP contribution in [0.4, 0.5) is 16.3 Å². The SMILES string of the molecule is COc1ccc(Nc2cc(OC3CCN(C(=O)O)CC3)ncn2)c(C)n1. The molecule has 0 unspecified atom stereocenters. The van der Waals surface area contributed by atoms with Crippen LogP contribution in [0.5, 0.6) is 11.8 Å². The van der Waals surface area contributed by atoms with E-state index in [9.17, 15) is 4.79 Å². The molecule has 9 nitrogen and oxygen atoms in total. The highest BCUT2D eigenvalue weighted by molar-refractivity contribution is 5.65. The molecule has 1 saturated heterocycles. The number of pyridine rings is 1. The number of aromatic nitrogens is 3. The Labute approximate surface area is 151 Å². The summed E-state index contributed by atoms with van der Waals surface area (Å²) in [5.74, 6) is 1.59. The predicted octanol–water partition coefficient (Wildman–Crippen LogP) is 2.45. The van der Waals surface area contributed by atoms with E-state index in [4.69, 9.17) is 14.6 Å². The third-order valence-corrected chi connectivity index (χ3v) is 4.17. The molecule has 26 heavy (non-hydrogen) atoms. The average Bonchev–Trinajstić information content (AvgIpc) is 2.64. The lowest BCUT2D eigenvalue weighted by molar-refractivity contribution is 0.0870. The highest BCUT2D eigenvalue weighted by atomic mass is 16.5. The van der Waals surface area contributed by atoms with Crippen molar-refractivity contribution in [1.29, 1.82) is 0 Å². The summed E-state index contributed by atoms with van der Waals surface area (Å²) in [6, 6.07) is 5.35. The zero-order valence-corrected chi connectivity index (χ0v) is 14.7. The molecule has 0 spiro atoms. The zero-order valence-electron chi connectivity index (χ0n) is 14.7. The van der Waals surface area contributed by atoms with Crippen LogP contribution in [-0.4, -0.2) is 57.4 Å². The van der Waals surface area contributed by atoms with Crippen molar-refractivity contribution in [2.45, 2.75) is 25.9 Å². The summed E-state index contributed by atoms with van der Waals surface area (Å²) in [7, 11) is 1.57. The first-order chi connectivity index (χ1) is 12.5. The molecule has 2 aromatic rings. The number of carboxylic acid groups (broad SMARTS) is 1. The number of carbonyl (C=O) groups is 1. The van der Waals surface area contributed by atoms with Crippen molar-refractivity contribution in [2.24, 2.45) is 0 Å². The molecule has 2 N–H and O–H groups in total. The Balaban J connectivity index is 1.63. The number of nitrogens with one attached hydrogen (secondary N) is 1. The second-order valence-electron chi connectivity index (χ2n) is 5.94. The molecule has 0 atom stereocenters. The molecular weight excluding hydrogens is 338 g/mol. The molecule has 1 aliphatic heterocycles. The van der Waals surface area contributed by atoms with Crippen LogP contribution in [0.25, 0.3) is 0 Å². The fraction of sp³-hybridized carbons (Fsp3) is 0.412. The summed E-state index contributed by atoms with van der Waals surface area (Å²) in [6.45, 7) is 2.81. The summed E-state index contributed by atoms with van der Waals surface area (Å²) in [6.07, 6.45) is 1.76. The highest BCUT2D eigenvalue weighted by Gasteiger charge is 2.23. The molecule has 0 saturated carbocycles. The summed E-state index contributed by atoms with van der Waals surface area (Å²) < 4.78 is 11.0. The van der Waals surface area contributed by atoms with Gasteiger partial charge in [0.2, 0.25) is 11.8 Å². The summed E-state index contributed by atoms with van der Waals surface area (Å²) in [4.78, 5) is 25.0. The summed E-state index contributed by atoms with van der Waals surface area (Å²) in [5.41, 5.74) is 1.59. The molecule has 0 bridgehead atoms. The van der Waals surface area contributed by atoms with Crippen molar-refractivity contribution < 1.29 is 19.4 Å². The van der Waals surface area contributed by atoms with Gasteiger partial charge in [0.15, 0.2) is 0 Å². The number of hydrogen-bond donors (Lipinski definition) is 2. The van der Waals surface area contributed by atoms with Crippen LogP contribution in [0.3, 0.4) is 0 Å². The molecule has 0 radical (unpaired) electrons. The number of hydrogen-bond acceptors (Lipinski definition) is 7. The molecule has 1 amide bonds. The smallest absolute Gasteiger partial charge is 0.407 e. The van der Waals surface area contributed by atoms with E-state index in [0.29, 0.717) is 43.5 Å². The quantitative estimate of drug-likeness (QED) is 0.838. The van der Waals surface area contributed by atoms with Gasteiger partial charge in [-0.25, -0.2) is 19.7 Å². The minimum Gasteiger partial charge on any atom is -0.481 e. The standard InChI is InChI=1S/C17H21N5O4/c1-11-13(3-4-15(20-11)25-2)21-14-9-16(19-10-18-14)26-12-5-7-22(8-6-12)17(23)24/h3-4,9-10,12H,5-8H2,1-2H3,(H,23,24)(H,18,19,21). The topological polar surface area (TPSA) is 110 Å². The van der Waals surface area contributed by atoms with Crippen LogP contribution in [0, 0.1) is 6.92 Å². The van der Waals surface area contributed by atoms with E-state index in [1.165, 1.54) is 11.2 Å². The third-order valence-electron chi connectivity index (χ3n) is 4.17. The Kier molecular flexibility index (Phi) is 5.35. The molecule has 1 fully saturated rings. The maximum atomic E-state index is 10.9. The lowest BCUT2D eigenvalue weighted by Gasteiger charge is -2.29. The average molecular weight is 359 g/mol. The van der Waals surface area contributed by atoms with Gasteiger partial charge in [-0.15, -0.1) is 0 Å². The first kappa shape index (κ1) is 17.7. The number of ether oxygens (including phenoxy) is 2. The number of piperidine rings is 1. The van der Waals surface area contributed by atoms with Crippen LogP contribution in [0.1, 0.15) is 18.5 Å². The van der Waals surface area contributed by atoms with Gasteiger partial charge in [-0.05, 0) is 13.0 Å². The summed E-state index contributed by atoms with van der Waals surface area (Å²) in [5, 5.41) is 12.2. The molecule has 3 heterocycles. The first-order valence-electron chi connectivity index (χ1n) is 8.30. The number of aryl methyl sites for hydroxylation is 1. The van der Waals surface area contributed by atoms with Gasteiger partial charge >= 0.3 is 6.09 Å². The first-order valence-corrected chi connectivity index (χ1v) is 8.30. The van der Waals surface area contributed by atoms with Crippen molar-refractivity contribution in [3.63, 3.8) is 0 Å². The molecule has 0 aromatic carbocycles. The van der Waals surface area contributed by atoms with Gasteiger partial charge in [0.25, 0.3) is 0 Å². The molecule has 2 aromatic heterocycles. The van der Waals surface area contributed by atoms with E-state index in [2.05, 4.69) is 20.3 Å². The Bertz CT molecular complexity index is 777. The number of anilines is 2. The predicted molar refractivity (Wildman–Crippen MR) is 94.1 cm³/mol. The van der Waals surface area contributed by atoms with E-state index in [1.54, 1.807) is 19.2 Å². The van der Waals surface area contributed by atoms with Gasteiger partial charge < -0.3 is 24.8 Å². The van der Waals surface area contributed by atoms with Gasteiger partial charge in [0.05, 0.1) is 18.5 Å². The third kappa shape index (κ3) is 4.29. The number of nitrogens with zero attached hydrogens (tertiary/aromatic N) is 4. The molecule has 9 heteroatoms. The van der Waals surface area contributed by atoms with Crippen LogP contribution in [0.2, 0.25) is 0 Å². The Morgan fingerprint density at radius 3 is 2.69 bits per heavy atom. The monoisotopic (exact) mass is 359 g/mol.